The molecule has 0 unspecified atom stereocenters. The second kappa shape index (κ2) is 23.2. The predicted molar refractivity (Wildman–Crippen MR) is 360 cm³/mol. The van der Waals surface area contributed by atoms with Crippen LogP contribution in [0.4, 0.5) is 35.1 Å². The molecule has 0 aliphatic heterocycles. The molecule has 0 saturated carbocycles. The molecule has 0 aliphatic rings. The smallest absolute Gasteiger partial charge is 0.308 e. The Balaban J connectivity index is 1.08. The number of benzene rings is 10. The number of fused-ring (bicyclic) bond motifs is 6. The number of alkyl halides is 3. The third kappa shape index (κ3) is 9.88. The molecule has 0 N–H and O–H groups in total. The lowest BCUT2D eigenvalue weighted by Gasteiger charge is -2.24. The van der Waals surface area contributed by atoms with Crippen molar-refractivity contribution in [3.05, 3.63) is 314 Å². The number of aromatic nitrogens is 6. The van der Waals surface area contributed by atoms with E-state index in [9.17, 15) is 0 Å². The van der Waals surface area contributed by atoms with E-state index >= 15 is 35.1 Å². The van der Waals surface area contributed by atoms with Crippen molar-refractivity contribution in [2.45, 2.75) is 6.18 Å². The predicted octanol–water partition coefficient (Wildman–Crippen LogP) is 22.2. The van der Waals surface area contributed by atoms with E-state index in [1.807, 2.05) is 170 Å². The fourth-order valence-corrected chi connectivity index (χ4v) is 13.3. The van der Waals surface area contributed by atoms with E-state index in [2.05, 4.69) is 0 Å². The molecule has 0 fully saturated rings. The average Bonchev–Trinajstić information content (AvgIpc) is 1.60. The van der Waals surface area contributed by atoms with E-state index in [1.54, 1.807) is 97.6 Å². The first-order chi connectivity index (χ1) is 46.4. The fourth-order valence-electron chi connectivity index (χ4n) is 13.3. The Hall–Kier alpha value is -12.2. The lowest BCUT2D eigenvalue weighted by Crippen LogP contribution is -2.16. The molecule has 6 heterocycles. The number of hydrogen-bond acceptors (Lipinski definition) is 4. The largest absolute Gasteiger partial charge is 0.420 e. The maximum atomic E-state index is 17.9. The molecule has 456 valence electrons. The van der Waals surface area contributed by atoms with Crippen molar-refractivity contribution < 1.29 is 35.1 Å². The Bertz CT molecular complexity index is 5100. The van der Waals surface area contributed by atoms with Gasteiger partial charge in [0.2, 0.25) is 5.82 Å². The highest BCUT2D eigenvalue weighted by molar-refractivity contribution is 6.14. The van der Waals surface area contributed by atoms with E-state index in [-0.39, 0.29) is 22.1 Å². The van der Waals surface area contributed by atoms with Crippen LogP contribution in [0.25, 0.3) is 156 Å². The van der Waals surface area contributed by atoms with Crippen molar-refractivity contribution in [2.24, 2.45) is 0 Å². The van der Waals surface area contributed by atoms with Crippen LogP contribution in [0.5, 0.6) is 0 Å². The van der Waals surface area contributed by atoms with Gasteiger partial charge in [0.05, 0.1) is 61.8 Å². The van der Waals surface area contributed by atoms with Crippen molar-refractivity contribution >= 4 is 43.6 Å². The van der Waals surface area contributed by atoms with Gasteiger partial charge in [-0.3, -0.25) is 19.9 Å². The number of nitrogens with zero attached hydrogens (tertiary/aromatic N) is 6. The van der Waals surface area contributed by atoms with Gasteiger partial charge in [-0.2, -0.15) is 13.2 Å². The van der Waals surface area contributed by atoms with Gasteiger partial charge in [-0.25, -0.2) is 22.0 Å². The zero-order chi connectivity index (χ0) is 64.6. The number of hydrogen-bond donors (Lipinski definition) is 0. The van der Waals surface area contributed by atoms with Crippen molar-refractivity contribution in [3.63, 3.8) is 0 Å². The maximum absolute atomic E-state index is 17.9. The van der Waals surface area contributed by atoms with Gasteiger partial charge in [-0.1, -0.05) is 194 Å². The third-order valence-corrected chi connectivity index (χ3v) is 17.6. The van der Waals surface area contributed by atoms with Crippen LogP contribution in [-0.2, 0) is 6.18 Å². The molecule has 0 amide bonds. The summed E-state index contributed by atoms with van der Waals surface area (Å²) in [7, 11) is 0. The second-order valence-electron chi connectivity index (χ2n) is 23.0. The summed E-state index contributed by atoms with van der Waals surface area (Å²) in [5.41, 5.74) is 5.83. The van der Waals surface area contributed by atoms with Crippen LogP contribution >= 0.6 is 0 Å². The summed E-state index contributed by atoms with van der Waals surface area (Å²) >= 11 is 0. The monoisotopic (exact) mass is 1250 g/mol. The normalized spacial score (nSPS) is 11.8. The Morgan fingerprint density at radius 1 is 0.253 bits per heavy atom. The summed E-state index contributed by atoms with van der Waals surface area (Å²) in [6, 6.07) is 75.3. The van der Waals surface area contributed by atoms with E-state index in [1.165, 1.54) is 9.13 Å². The minimum atomic E-state index is -5.38. The van der Waals surface area contributed by atoms with Crippen LogP contribution in [0.15, 0.2) is 280 Å². The topological polar surface area (TPSA) is 61.4 Å². The van der Waals surface area contributed by atoms with Gasteiger partial charge < -0.3 is 9.13 Å². The first-order valence-electron chi connectivity index (χ1n) is 30.4. The lowest BCUT2D eigenvalue weighted by atomic mass is 9.96. The van der Waals surface area contributed by atoms with Crippen LogP contribution in [0, 0.1) is 29.1 Å². The van der Waals surface area contributed by atoms with Crippen molar-refractivity contribution in [1.82, 2.24) is 29.1 Å². The van der Waals surface area contributed by atoms with Crippen LogP contribution in [0.1, 0.15) is 5.56 Å². The van der Waals surface area contributed by atoms with E-state index in [0.29, 0.717) is 88.8 Å². The molecule has 0 bridgehead atoms. The van der Waals surface area contributed by atoms with Gasteiger partial charge in [-0.05, 0) is 88.5 Å². The van der Waals surface area contributed by atoms with Crippen LogP contribution in [0.2, 0.25) is 0 Å². The summed E-state index contributed by atoms with van der Waals surface area (Å²) in [6.07, 6.45) is 1.20. The summed E-state index contributed by atoms with van der Waals surface area (Å²) in [4.78, 5) is 19.1. The molecular formula is C81H46F8N6. The number of pyridine rings is 4. The number of rotatable bonds is 11. The van der Waals surface area contributed by atoms with E-state index in [4.69, 9.17) is 19.9 Å². The molecule has 0 aliphatic carbocycles. The summed E-state index contributed by atoms with van der Waals surface area (Å²) in [5.74, 6) is -11.5. The highest BCUT2D eigenvalue weighted by atomic mass is 19.4. The summed E-state index contributed by atoms with van der Waals surface area (Å²) < 4.78 is 138. The molecule has 0 spiro atoms. The maximum Gasteiger partial charge on any atom is 0.420 e. The SMILES string of the molecule is Fc1c(F)c(F)c(-c2cc(-n3c4cc(-c5cccnc5-c5ccccc5)ccc4c4ccc(-c5cccnc5-c5ccccc5)cc43)c(C(F)(F)F)c(-n3c4cc(-c5cccnc5-c5ccccc5)ccc4c4ccc(-c5cccnc5-c5ccccc5)cc43)c2)c(F)c1F. The summed E-state index contributed by atoms with van der Waals surface area (Å²) in [5, 5.41) is 1.87. The zero-order valence-corrected chi connectivity index (χ0v) is 49.8. The molecule has 0 saturated heterocycles. The molecule has 16 rings (SSSR count). The second-order valence-corrected chi connectivity index (χ2v) is 23.0. The summed E-state index contributed by atoms with van der Waals surface area (Å²) in [6.45, 7) is 0. The molecule has 14 heteroatoms. The van der Waals surface area contributed by atoms with Gasteiger partial charge in [0.15, 0.2) is 23.3 Å². The first-order valence-corrected chi connectivity index (χ1v) is 30.4. The molecule has 6 nitrogen and oxygen atoms in total. The lowest BCUT2D eigenvalue weighted by molar-refractivity contribution is -0.137. The highest BCUT2D eigenvalue weighted by Crippen LogP contribution is 2.50. The van der Waals surface area contributed by atoms with Crippen molar-refractivity contribution in [2.75, 3.05) is 0 Å². The molecule has 10 aromatic carbocycles. The Kier molecular flexibility index (Phi) is 14.2. The molecule has 0 radical (unpaired) electrons. The van der Waals surface area contributed by atoms with E-state index in [0.717, 1.165) is 34.4 Å². The first kappa shape index (κ1) is 58.0. The molecule has 95 heavy (non-hydrogen) atoms. The molecule has 16 aromatic rings. The minimum absolute atomic E-state index is 0.194. The van der Waals surface area contributed by atoms with Crippen LogP contribution in [-0.4, -0.2) is 29.1 Å². The van der Waals surface area contributed by atoms with Crippen molar-refractivity contribution in [3.8, 4) is 112 Å². The molecular weight excluding hydrogens is 1210 g/mol. The molecule has 6 aromatic heterocycles. The minimum Gasteiger partial charge on any atom is -0.308 e. The van der Waals surface area contributed by atoms with Crippen molar-refractivity contribution in [1.29, 1.82) is 0 Å². The van der Waals surface area contributed by atoms with Gasteiger partial charge in [0, 0.05) is 90.8 Å². The Labute approximate surface area is 537 Å². The highest BCUT2D eigenvalue weighted by Gasteiger charge is 2.41. The van der Waals surface area contributed by atoms with Crippen LogP contribution in [0.3, 0.4) is 0 Å². The standard InChI is InChI=1S/C81H46F8N6/c82-72-70(73(83)75(85)76(86)74(72)84)55-45-68(94-64-41-51(56-25-13-37-90-77(56)47-17-5-1-6-18-47)29-33-60(64)61-34-30-52(42-65(61)94)57-26-14-38-91-78(57)48-19-7-2-8-20-48)71(81(87,88)89)69(46-55)95-66-43-53(58-27-15-39-92-79(58)49-21-9-3-10-22-49)31-35-62(66)63-36-32-54(44-67(63)95)59-28-16-40-93-80(59)50-23-11-4-12-24-50/h1-46H. The quantitative estimate of drug-likeness (QED) is 0.0735. The van der Waals surface area contributed by atoms with Gasteiger partial charge in [0.25, 0.3) is 0 Å². The number of halogens is 8. The van der Waals surface area contributed by atoms with Gasteiger partial charge in [0.1, 0.15) is 5.56 Å². The molecule has 0 atom stereocenters. The Morgan fingerprint density at radius 3 is 0.779 bits per heavy atom. The zero-order valence-electron chi connectivity index (χ0n) is 49.8. The average molecular weight is 1260 g/mol. The Morgan fingerprint density at radius 2 is 0.516 bits per heavy atom. The fraction of sp³-hybridized carbons (Fsp3) is 0.0123. The van der Waals surface area contributed by atoms with Gasteiger partial charge >= 0.3 is 6.18 Å². The van der Waals surface area contributed by atoms with Crippen LogP contribution < -0.4 is 0 Å². The third-order valence-electron chi connectivity index (χ3n) is 17.6. The van der Waals surface area contributed by atoms with E-state index < -0.39 is 63.3 Å². The van der Waals surface area contributed by atoms with Gasteiger partial charge in [-0.15, -0.1) is 0 Å².